The Morgan fingerprint density at radius 1 is 1.30 bits per heavy atom. The molecule has 0 spiro atoms. The first kappa shape index (κ1) is 15.0. The summed E-state index contributed by atoms with van der Waals surface area (Å²) in [5, 5.41) is 12.6. The molecule has 0 aromatic heterocycles. The van der Waals surface area contributed by atoms with E-state index in [2.05, 4.69) is 5.32 Å². The highest BCUT2D eigenvalue weighted by Gasteiger charge is 2.24. The Morgan fingerprint density at radius 2 is 1.95 bits per heavy atom. The van der Waals surface area contributed by atoms with Gasteiger partial charge in [-0.05, 0) is 37.0 Å². The first-order chi connectivity index (χ1) is 9.58. The van der Waals surface area contributed by atoms with Crippen LogP contribution in [0.1, 0.15) is 55.7 Å². The lowest BCUT2D eigenvalue weighted by Gasteiger charge is -2.22. The predicted molar refractivity (Wildman–Crippen MR) is 76.1 cm³/mol. The number of hydrogen-bond donors (Lipinski definition) is 2. The van der Waals surface area contributed by atoms with Crippen LogP contribution in [0.2, 0.25) is 0 Å². The number of aliphatic carboxylic acids is 1. The maximum Gasteiger partial charge on any atom is 0.325 e. The average molecular weight is 279 g/mol. The second-order valence-corrected chi connectivity index (χ2v) is 5.64. The molecule has 1 aliphatic carbocycles. The number of nitrogens with one attached hydrogen (secondary N) is 1. The van der Waals surface area contributed by atoms with E-state index in [9.17, 15) is 14.3 Å². The number of hydrogen-bond acceptors (Lipinski definition) is 2. The van der Waals surface area contributed by atoms with Crippen LogP contribution in [-0.2, 0) is 4.79 Å². The zero-order valence-electron chi connectivity index (χ0n) is 11.9. The van der Waals surface area contributed by atoms with E-state index >= 15 is 0 Å². The Morgan fingerprint density at radius 3 is 2.50 bits per heavy atom. The predicted octanol–water partition coefficient (Wildman–Crippen LogP) is 3.57. The van der Waals surface area contributed by atoms with Gasteiger partial charge in [0.1, 0.15) is 11.9 Å². The van der Waals surface area contributed by atoms with Gasteiger partial charge in [-0.15, -0.1) is 0 Å². The quantitative estimate of drug-likeness (QED) is 0.828. The summed E-state index contributed by atoms with van der Waals surface area (Å²) >= 11 is 0. The molecule has 2 rings (SSSR count). The molecule has 0 amide bonds. The molecule has 1 aromatic carbocycles. The summed E-state index contributed by atoms with van der Waals surface area (Å²) in [6.45, 7) is 1.67. The van der Waals surface area contributed by atoms with Gasteiger partial charge < -0.3 is 5.11 Å². The van der Waals surface area contributed by atoms with Crippen LogP contribution in [-0.4, -0.2) is 17.1 Å². The fraction of sp³-hybridized carbons (Fsp3) is 0.562. The summed E-state index contributed by atoms with van der Waals surface area (Å²) in [4.78, 5) is 11.5. The van der Waals surface area contributed by atoms with Crippen molar-refractivity contribution in [3.8, 4) is 0 Å². The maximum atomic E-state index is 13.6. The number of carboxylic acids is 1. The molecule has 20 heavy (non-hydrogen) atoms. The molecule has 0 heterocycles. The van der Waals surface area contributed by atoms with E-state index in [0.717, 1.165) is 25.7 Å². The van der Waals surface area contributed by atoms with Gasteiger partial charge in [-0.2, -0.15) is 0 Å². The van der Waals surface area contributed by atoms with Gasteiger partial charge in [0.25, 0.3) is 0 Å². The number of carbonyl (C=O) groups is 1. The van der Waals surface area contributed by atoms with E-state index in [1.807, 2.05) is 0 Å². The summed E-state index contributed by atoms with van der Waals surface area (Å²) in [6, 6.07) is 4.05. The van der Waals surface area contributed by atoms with Crippen LogP contribution in [0.4, 0.5) is 4.39 Å². The third kappa shape index (κ3) is 3.79. The molecule has 3 nitrogen and oxygen atoms in total. The smallest absolute Gasteiger partial charge is 0.325 e. The number of halogens is 1. The standard InChI is InChI=1S/C16H22FNO2/c1-11-8-9-12(10-14(11)17)15(16(19)20)18-13-6-4-2-3-5-7-13/h8-10,13,15,18H,2-7H2,1H3,(H,19,20). The van der Waals surface area contributed by atoms with Crippen molar-refractivity contribution in [1.29, 1.82) is 0 Å². The van der Waals surface area contributed by atoms with Crippen molar-refractivity contribution in [2.45, 2.75) is 57.5 Å². The van der Waals surface area contributed by atoms with Crippen molar-refractivity contribution in [1.82, 2.24) is 5.32 Å². The van der Waals surface area contributed by atoms with Crippen LogP contribution in [0.3, 0.4) is 0 Å². The highest BCUT2D eigenvalue weighted by atomic mass is 19.1. The summed E-state index contributed by atoms with van der Waals surface area (Å²) in [5.41, 5.74) is 1.03. The van der Waals surface area contributed by atoms with E-state index in [1.54, 1.807) is 19.1 Å². The van der Waals surface area contributed by atoms with Crippen LogP contribution >= 0.6 is 0 Å². The molecule has 4 heteroatoms. The minimum absolute atomic E-state index is 0.211. The zero-order valence-corrected chi connectivity index (χ0v) is 11.9. The molecular weight excluding hydrogens is 257 g/mol. The van der Waals surface area contributed by atoms with Gasteiger partial charge in [-0.1, -0.05) is 37.8 Å². The van der Waals surface area contributed by atoms with Crippen molar-refractivity contribution in [3.63, 3.8) is 0 Å². The maximum absolute atomic E-state index is 13.6. The topological polar surface area (TPSA) is 49.3 Å². The molecule has 1 unspecified atom stereocenters. The zero-order chi connectivity index (χ0) is 14.5. The first-order valence-electron chi connectivity index (χ1n) is 7.33. The number of carboxylic acid groups (broad SMARTS) is 1. The largest absolute Gasteiger partial charge is 0.480 e. The summed E-state index contributed by atoms with van der Waals surface area (Å²) in [5.74, 6) is -1.30. The van der Waals surface area contributed by atoms with Gasteiger partial charge >= 0.3 is 5.97 Å². The second kappa shape index (κ2) is 6.84. The van der Waals surface area contributed by atoms with Crippen molar-refractivity contribution < 1.29 is 14.3 Å². The van der Waals surface area contributed by atoms with Crippen molar-refractivity contribution in [2.24, 2.45) is 0 Å². The van der Waals surface area contributed by atoms with Gasteiger partial charge in [0.05, 0.1) is 0 Å². The number of aryl methyl sites for hydroxylation is 1. The molecule has 2 N–H and O–H groups in total. The van der Waals surface area contributed by atoms with E-state index in [-0.39, 0.29) is 11.9 Å². The van der Waals surface area contributed by atoms with Crippen LogP contribution in [0, 0.1) is 12.7 Å². The molecule has 1 aliphatic rings. The SMILES string of the molecule is Cc1ccc(C(NC2CCCCCC2)C(=O)O)cc1F. The molecule has 0 bridgehead atoms. The monoisotopic (exact) mass is 279 g/mol. The van der Waals surface area contributed by atoms with Crippen molar-refractivity contribution in [3.05, 3.63) is 35.1 Å². The third-order valence-electron chi connectivity index (χ3n) is 4.03. The average Bonchev–Trinajstić information content (AvgIpc) is 2.67. The third-order valence-corrected chi connectivity index (χ3v) is 4.03. The fourth-order valence-electron chi connectivity index (χ4n) is 2.78. The normalized spacial score (nSPS) is 18.5. The van der Waals surface area contributed by atoms with E-state index in [1.165, 1.54) is 18.9 Å². The molecule has 0 saturated heterocycles. The van der Waals surface area contributed by atoms with Gasteiger partial charge in [-0.25, -0.2) is 4.39 Å². The van der Waals surface area contributed by atoms with Gasteiger partial charge in [0.15, 0.2) is 0 Å². The molecule has 1 aromatic rings. The lowest BCUT2D eigenvalue weighted by atomic mass is 10.0. The van der Waals surface area contributed by atoms with Crippen LogP contribution < -0.4 is 5.32 Å². The Balaban J connectivity index is 2.13. The van der Waals surface area contributed by atoms with Crippen LogP contribution in [0.25, 0.3) is 0 Å². The second-order valence-electron chi connectivity index (χ2n) is 5.64. The number of benzene rings is 1. The summed E-state index contributed by atoms with van der Waals surface area (Å²) < 4.78 is 13.6. The number of rotatable bonds is 4. The summed E-state index contributed by atoms with van der Waals surface area (Å²) in [6.07, 6.45) is 6.69. The van der Waals surface area contributed by atoms with Gasteiger partial charge in [0.2, 0.25) is 0 Å². The molecule has 1 saturated carbocycles. The van der Waals surface area contributed by atoms with Crippen LogP contribution in [0.15, 0.2) is 18.2 Å². The van der Waals surface area contributed by atoms with E-state index in [0.29, 0.717) is 11.1 Å². The first-order valence-corrected chi connectivity index (χ1v) is 7.33. The molecule has 0 aliphatic heterocycles. The van der Waals surface area contributed by atoms with Crippen molar-refractivity contribution in [2.75, 3.05) is 0 Å². The highest BCUT2D eigenvalue weighted by Crippen LogP contribution is 2.22. The molecular formula is C16H22FNO2. The molecule has 1 atom stereocenters. The van der Waals surface area contributed by atoms with Crippen molar-refractivity contribution >= 4 is 5.97 Å². The minimum Gasteiger partial charge on any atom is -0.480 e. The Labute approximate surface area is 119 Å². The Bertz CT molecular complexity index is 468. The molecule has 1 fully saturated rings. The molecule has 0 radical (unpaired) electrons. The van der Waals surface area contributed by atoms with Crippen LogP contribution in [0.5, 0.6) is 0 Å². The fourth-order valence-corrected chi connectivity index (χ4v) is 2.78. The Hall–Kier alpha value is -1.42. The van der Waals surface area contributed by atoms with E-state index < -0.39 is 12.0 Å². The highest BCUT2D eigenvalue weighted by molar-refractivity contribution is 5.75. The lowest BCUT2D eigenvalue weighted by Crippen LogP contribution is -2.36. The minimum atomic E-state index is -0.947. The molecule has 110 valence electrons. The van der Waals surface area contributed by atoms with E-state index in [4.69, 9.17) is 0 Å². The summed E-state index contributed by atoms with van der Waals surface area (Å²) in [7, 11) is 0. The van der Waals surface area contributed by atoms with Gasteiger partial charge in [0, 0.05) is 6.04 Å². The Kier molecular flexibility index (Phi) is 5.12. The lowest BCUT2D eigenvalue weighted by molar-refractivity contribution is -0.140. The van der Waals surface area contributed by atoms with Gasteiger partial charge in [-0.3, -0.25) is 10.1 Å².